The van der Waals surface area contributed by atoms with Crippen molar-refractivity contribution in [3.05, 3.63) is 27.5 Å². The third-order valence-electron chi connectivity index (χ3n) is 1.60. The van der Waals surface area contributed by atoms with E-state index in [9.17, 15) is 13.6 Å². The van der Waals surface area contributed by atoms with Gasteiger partial charge in [-0.2, -0.15) is 5.26 Å². The molecule has 1 aromatic heterocycles. The summed E-state index contributed by atoms with van der Waals surface area (Å²) in [6.45, 7) is 0. The van der Waals surface area contributed by atoms with Gasteiger partial charge in [0, 0.05) is 0 Å². The predicted molar refractivity (Wildman–Crippen MR) is 50.1 cm³/mol. The van der Waals surface area contributed by atoms with Crippen LogP contribution in [0.5, 0.6) is 0 Å². The van der Waals surface area contributed by atoms with Crippen LogP contribution in [0.3, 0.4) is 0 Å². The number of pyridine rings is 1. The maximum absolute atomic E-state index is 12.3. The smallest absolute Gasteiger partial charge is 0.280 e. The van der Waals surface area contributed by atoms with Gasteiger partial charge in [0.1, 0.15) is 16.4 Å². The van der Waals surface area contributed by atoms with Gasteiger partial charge >= 0.3 is 0 Å². The van der Waals surface area contributed by atoms with Gasteiger partial charge in [-0.3, -0.25) is 4.79 Å². The summed E-state index contributed by atoms with van der Waals surface area (Å²) in [5.74, 6) is -0.948. The molecule has 0 atom stereocenters. The molecule has 0 aliphatic heterocycles. The molecule has 0 spiro atoms. The minimum atomic E-state index is -2.83. The normalized spacial score (nSPS) is 10.1. The first-order chi connectivity index (χ1) is 6.97. The molecule has 1 aromatic rings. The molecule has 0 bridgehead atoms. The average molecular weight is 276 g/mol. The molecule has 0 aromatic carbocycles. The number of primary amides is 1. The van der Waals surface area contributed by atoms with E-state index in [1.165, 1.54) is 0 Å². The number of aromatic nitrogens is 1. The Kier molecular flexibility index (Phi) is 3.31. The largest absolute Gasteiger partial charge is 0.366 e. The number of nitriles is 1. The number of alkyl halides is 2. The first kappa shape index (κ1) is 11.5. The van der Waals surface area contributed by atoms with Gasteiger partial charge in [-0.1, -0.05) is 0 Å². The zero-order valence-corrected chi connectivity index (χ0v) is 8.75. The lowest BCUT2D eigenvalue weighted by molar-refractivity contribution is 0.0999. The Morgan fingerprint density at radius 3 is 2.67 bits per heavy atom. The van der Waals surface area contributed by atoms with Gasteiger partial charge in [0.05, 0.1) is 11.1 Å². The number of carbonyl (C=O) groups excluding carboxylic acids is 1. The van der Waals surface area contributed by atoms with E-state index in [1.54, 1.807) is 6.07 Å². The zero-order chi connectivity index (χ0) is 11.6. The lowest BCUT2D eigenvalue weighted by atomic mass is 10.1. The summed E-state index contributed by atoms with van der Waals surface area (Å²) in [6, 6.07) is 2.47. The van der Waals surface area contributed by atoms with Crippen molar-refractivity contribution in [2.24, 2.45) is 5.73 Å². The molecule has 0 saturated carbocycles. The standard InChI is InChI=1S/C8H4BrF2N3O/c9-6-4(2-12)3(8(13)15)1-5(14-6)7(10)11/h1,7H,(H2,13,15). The van der Waals surface area contributed by atoms with Crippen molar-refractivity contribution in [2.45, 2.75) is 6.43 Å². The summed E-state index contributed by atoms with van der Waals surface area (Å²) in [5, 5.41) is 8.66. The van der Waals surface area contributed by atoms with Gasteiger partial charge in [0.15, 0.2) is 0 Å². The third kappa shape index (κ3) is 2.27. The summed E-state index contributed by atoms with van der Waals surface area (Å²) >= 11 is 2.82. The Labute approximate surface area is 91.8 Å². The summed E-state index contributed by atoms with van der Waals surface area (Å²) in [7, 11) is 0. The van der Waals surface area contributed by atoms with Gasteiger partial charge < -0.3 is 5.73 Å². The number of amides is 1. The van der Waals surface area contributed by atoms with Crippen molar-refractivity contribution in [3.8, 4) is 6.07 Å². The number of halogens is 3. The molecule has 0 aliphatic carbocycles. The number of nitrogens with zero attached hydrogens (tertiary/aromatic N) is 2. The lowest BCUT2D eigenvalue weighted by Gasteiger charge is -2.05. The van der Waals surface area contributed by atoms with Crippen molar-refractivity contribution in [2.75, 3.05) is 0 Å². The molecule has 1 rings (SSSR count). The number of carbonyl (C=O) groups is 1. The quantitative estimate of drug-likeness (QED) is 0.835. The van der Waals surface area contributed by atoms with Crippen LogP contribution in [0.25, 0.3) is 0 Å². The van der Waals surface area contributed by atoms with Crippen molar-refractivity contribution in [1.29, 1.82) is 5.26 Å². The fraction of sp³-hybridized carbons (Fsp3) is 0.125. The van der Waals surface area contributed by atoms with Gasteiger partial charge in [-0.15, -0.1) is 0 Å². The Hall–Kier alpha value is -1.55. The number of nitrogens with two attached hydrogens (primary N) is 1. The molecule has 0 radical (unpaired) electrons. The molecule has 78 valence electrons. The fourth-order valence-electron chi connectivity index (χ4n) is 0.945. The minimum absolute atomic E-state index is 0.114. The fourth-order valence-corrected chi connectivity index (χ4v) is 1.45. The predicted octanol–water partition coefficient (Wildman–Crippen LogP) is 1.75. The highest BCUT2D eigenvalue weighted by atomic mass is 79.9. The van der Waals surface area contributed by atoms with Crippen LogP contribution in [-0.2, 0) is 0 Å². The second kappa shape index (κ2) is 4.31. The van der Waals surface area contributed by atoms with E-state index >= 15 is 0 Å². The second-order valence-electron chi connectivity index (χ2n) is 2.54. The molecule has 15 heavy (non-hydrogen) atoms. The van der Waals surface area contributed by atoms with Crippen LogP contribution in [0.2, 0.25) is 0 Å². The van der Waals surface area contributed by atoms with Crippen LogP contribution >= 0.6 is 15.9 Å². The topological polar surface area (TPSA) is 79.8 Å². The maximum atomic E-state index is 12.3. The van der Waals surface area contributed by atoms with Crippen LogP contribution in [0.1, 0.15) is 28.0 Å². The van der Waals surface area contributed by atoms with E-state index < -0.39 is 18.0 Å². The molecular weight excluding hydrogens is 272 g/mol. The monoisotopic (exact) mass is 275 g/mol. The van der Waals surface area contributed by atoms with Gasteiger partial charge in [-0.25, -0.2) is 13.8 Å². The second-order valence-corrected chi connectivity index (χ2v) is 3.29. The Morgan fingerprint density at radius 2 is 2.27 bits per heavy atom. The van der Waals surface area contributed by atoms with Gasteiger partial charge in [-0.05, 0) is 22.0 Å². The zero-order valence-electron chi connectivity index (χ0n) is 7.17. The first-order valence-electron chi connectivity index (χ1n) is 3.66. The molecule has 0 saturated heterocycles. The molecule has 1 heterocycles. The molecule has 2 N–H and O–H groups in total. The van der Waals surface area contributed by atoms with E-state index in [2.05, 4.69) is 20.9 Å². The number of rotatable bonds is 2. The maximum Gasteiger partial charge on any atom is 0.280 e. The van der Waals surface area contributed by atoms with Gasteiger partial charge in [0.25, 0.3) is 6.43 Å². The highest BCUT2D eigenvalue weighted by Crippen LogP contribution is 2.24. The molecule has 0 unspecified atom stereocenters. The van der Waals surface area contributed by atoms with Crippen molar-refractivity contribution < 1.29 is 13.6 Å². The van der Waals surface area contributed by atoms with E-state index in [0.29, 0.717) is 0 Å². The van der Waals surface area contributed by atoms with Crippen molar-refractivity contribution in [1.82, 2.24) is 4.98 Å². The Bertz CT molecular complexity index is 456. The lowest BCUT2D eigenvalue weighted by Crippen LogP contribution is -2.14. The molecule has 0 fully saturated rings. The number of hydrogen-bond donors (Lipinski definition) is 1. The van der Waals surface area contributed by atoms with E-state index in [-0.39, 0.29) is 15.7 Å². The molecule has 0 aliphatic rings. The van der Waals surface area contributed by atoms with Crippen LogP contribution < -0.4 is 5.73 Å². The average Bonchev–Trinajstić information content (AvgIpc) is 2.16. The van der Waals surface area contributed by atoms with Gasteiger partial charge in [0.2, 0.25) is 5.91 Å². The van der Waals surface area contributed by atoms with Crippen LogP contribution in [-0.4, -0.2) is 10.9 Å². The molecule has 4 nitrogen and oxygen atoms in total. The van der Waals surface area contributed by atoms with Crippen LogP contribution in [0.15, 0.2) is 10.7 Å². The molecule has 1 amide bonds. The van der Waals surface area contributed by atoms with Crippen LogP contribution in [0.4, 0.5) is 8.78 Å². The molecular formula is C8H4BrF2N3O. The highest BCUT2D eigenvalue weighted by Gasteiger charge is 2.18. The minimum Gasteiger partial charge on any atom is -0.366 e. The SMILES string of the molecule is N#Cc1c(C(N)=O)cc(C(F)F)nc1Br. The van der Waals surface area contributed by atoms with E-state index in [1.807, 2.05) is 0 Å². The summed E-state index contributed by atoms with van der Waals surface area (Å²) in [4.78, 5) is 14.3. The van der Waals surface area contributed by atoms with Crippen molar-refractivity contribution in [3.63, 3.8) is 0 Å². The highest BCUT2D eigenvalue weighted by molar-refractivity contribution is 9.10. The third-order valence-corrected chi connectivity index (χ3v) is 2.17. The summed E-state index contributed by atoms with van der Waals surface area (Å²) in [6.07, 6.45) is -2.83. The first-order valence-corrected chi connectivity index (χ1v) is 4.45. The number of hydrogen-bond acceptors (Lipinski definition) is 3. The Morgan fingerprint density at radius 1 is 1.67 bits per heavy atom. The van der Waals surface area contributed by atoms with Crippen LogP contribution in [0, 0.1) is 11.3 Å². The Balaban J connectivity index is 3.47. The van der Waals surface area contributed by atoms with Crippen molar-refractivity contribution >= 4 is 21.8 Å². The molecule has 7 heteroatoms. The van der Waals surface area contributed by atoms with E-state index in [4.69, 9.17) is 11.0 Å². The summed E-state index contributed by atoms with van der Waals surface area (Å²) in [5.41, 5.74) is 3.93. The van der Waals surface area contributed by atoms with E-state index in [0.717, 1.165) is 6.07 Å². The summed E-state index contributed by atoms with van der Waals surface area (Å²) < 4.78 is 24.5.